The average Bonchev–Trinajstić information content (AvgIpc) is 2.45. The molecule has 0 saturated carbocycles. The van der Waals surface area contributed by atoms with Crippen molar-refractivity contribution < 1.29 is 9.53 Å². The summed E-state index contributed by atoms with van der Waals surface area (Å²) >= 11 is 0. The first-order valence-corrected chi connectivity index (χ1v) is 7.49. The summed E-state index contributed by atoms with van der Waals surface area (Å²) in [5.74, 6) is -0.118. The van der Waals surface area contributed by atoms with Gasteiger partial charge in [-0.1, -0.05) is 26.7 Å². The van der Waals surface area contributed by atoms with Crippen LogP contribution in [0.1, 0.15) is 58.8 Å². The first-order chi connectivity index (χ1) is 9.18. The lowest BCUT2D eigenvalue weighted by atomic mass is 9.79. The highest BCUT2D eigenvalue weighted by molar-refractivity contribution is 5.85. The van der Waals surface area contributed by atoms with Gasteiger partial charge in [-0.25, -0.2) is 0 Å². The number of hydrogen-bond acceptors (Lipinski definition) is 3. The van der Waals surface area contributed by atoms with E-state index < -0.39 is 5.41 Å². The van der Waals surface area contributed by atoms with Crippen LogP contribution < -0.4 is 5.32 Å². The third kappa shape index (κ3) is 4.50. The minimum atomic E-state index is -0.849. The molecular formula is C15H26N2O2. The van der Waals surface area contributed by atoms with E-state index in [1.54, 1.807) is 0 Å². The zero-order valence-corrected chi connectivity index (χ0v) is 12.2. The van der Waals surface area contributed by atoms with Crippen LogP contribution >= 0.6 is 0 Å². The number of nitrogens with one attached hydrogen (secondary N) is 1. The largest absolute Gasteiger partial charge is 0.376 e. The number of nitrogens with zero attached hydrogens (tertiary/aromatic N) is 1. The molecule has 0 bridgehead atoms. The van der Waals surface area contributed by atoms with Gasteiger partial charge in [-0.2, -0.15) is 5.26 Å². The van der Waals surface area contributed by atoms with Gasteiger partial charge in [0.05, 0.1) is 12.2 Å². The van der Waals surface area contributed by atoms with Crippen LogP contribution in [-0.4, -0.2) is 25.2 Å². The third-order valence-corrected chi connectivity index (χ3v) is 3.77. The van der Waals surface area contributed by atoms with Gasteiger partial charge >= 0.3 is 0 Å². The monoisotopic (exact) mass is 266 g/mol. The molecule has 1 N–H and O–H groups in total. The summed E-state index contributed by atoms with van der Waals surface area (Å²) in [6.45, 7) is 5.35. The Balaban J connectivity index is 2.53. The van der Waals surface area contributed by atoms with E-state index in [-0.39, 0.29) is 12.0 Å². The van der Waals surface area contributed by atoms with E-state index >= 15 is 0 Å². The van der Waals surface area contributed by atoms with Crippen molar-refractivity contribution in [2.45, 2.75) is 64.9 Å². The van der Waals surface area contributed by atoms with Gasteiger partial charge in [0, 0.05) is 13.2 Å². The predicted molar refractivity (Wildman–Crippen MR) is 74.5 cm³/mol. The molecule has 0 spiro atoms. The quantitative estimate of drug-likeness (QED) is 0.770. The average molecular weight is 266 g/mol. The molecule has 0 aromatic heterocycles. The van der Waals surface area contributed by atoms with Gasteiger partial charge in [-0.3, -0.25) is 4.79 Å². The van der Waals surface area contributed by atoms with Crippen molar-refractivity contribution in [1.29, 1.82) is 5.26 Å². The Morgan fingerprint density at radius 2 is 2.05 bits per heavy atom. The third-order valence-electron chi connectivity index (χ3n) is 3.77. The normalized spacial score (nSPS) is 19.7. The lowest BCUT2D eigenvalue weighted by molar-refractivity contribution is -0.129. The molecule has 1 amide bonds. The van der Waals surface area contributed by atoms with Crippen molar-refractivity contribution in [1.82, 2.24) is 5.32 Å². The van der Waals surface area contributed by atoms with Crippen LogP contribution in [0.25, 0.3) is 0 Å². The first kappa shape index (κ1) is 16.0. The first-order valence-electron chi connectivity index (χ1n) is 7.49. The maximum absolute atomic E-state index is 12.3. The summed E-state index contributed by atoms with van der Waals surface area (Å²) in [5.41, 5.74) is -0.849. The van der Waals surface area contributed by atoms with Gasteiger partial charge in [0.25, 0.3) is 0 Å². The second-order valence-corrected chi connectivity index (χ2v) is 5.39. The molecule has 108 valence electrons. The fourth-order valence-electron chi connectivity index (χ4n) is 2.71. The van der Waals surface area contributed by atoms with Crippen LogP contribution in [0.15, 0.2) is 0 Å². The molecule has 0 radical (unpaired) electrons. The second kappa shape index (κ2) is 8.16. The Hall–Kier alpha value is -1.08. The molecule has 1 heterocycles. The maximum Gasteiger partial charge on any atom is 0.240 e. The summed E-state index contributed by atoms with van der Waals surface area (Å²) in [7, 11) is 0. The molecular weight excluding hydrogens is 240 g/mol. The smallest absolute Gasteiger partial charge is 0.240 e. The fraction of sp³-hybridized carbons (Fsp3) is 0.867. The van der Waals surface area contributed by atoms with Crippen LogP contribution in [0.5, 0.6) is 0 Å². The van der Waals surface area contributed by atoms with E-state index in [1.807, 2.05) is 13.8 Å². The Morgan fingerprint density at radius 1 is 1.37 bits per heavy atom. The molecule has 0 aromatic carbocycles. The highest BCUT2D eigenvalue weighted by Crippen LogP contribution is 2.29. The van der Waals surface area contributed by atoms with Crippen LogP contribution in [0.3, 0.4) is 0 Å². The molecule has 19 heavy (non-hydrogen) atoms. The minimum Gasteiger partial charge on any atom is -0.376 e. The summed E-state index contributed by atoms with van der Waals surface area (Å²) in [6.07, 6.45) is 6.36. The van der Waals surface area contributed by atoms with Crippen molar-refractivity contribution >= 4 is 5.91 Å². The Labute approximate surface area is 116 Å². The molecule has 4 heteroatoms. The molecule has 1 rings (SSSR count). The second-order valence-electron chi connectivity index (χ2n) is 5.39. The Bertz CT molecular complexity index is 311. The topological polar surface area (TPSA) is 62.1 Å². The molecule has 0 aromatic rings. The molecule has 1 unspecified atom stereocenters. The van der Waals surface area contributed by atoms with Crippen molar-refractivity contribution in [3.05, 3.63) is 0 Å². The summed E-state index contributed by atoms with van der Waals surface area (Å²) in [6, 6.07) is 2.25. The SMILES string of the molecule is CCCC(C#N)(CCC)C(=O)NCC1CCCCO1. The molecule has 1 aliphatic heterocycles. The minimum absolute atomic E-state index is 0.118. The zero-order chi connectivity index (χ0) is 14.1. The standard InChI is InChI=1S/C15H26N2O2/c1-3-8-15(12-16,9-4-2)14(18)17-11-13-7-5-6-10-19-13/h13H,3-11H2,1-2H3,(H,17,18). The predicted octanol–water partition coefficient (Wildman–Crippen LogP) is 2.78. The van der Waals surface area contributed by atoms with Crippen molar-refractivity contribution in [2.24, 2.45) is 5.41 Å². The van der Waals surface area contributed by atoms with Gasteiger partial charge in [0.2, 0.25) is 5.91 Å². The number of amides is 1. The molecule has 1 saturated heterocycles. The summed E-state index contributed by atoms with van der Waals surface area (Å²) in [4.78, 5) is 12.3. The Kier molecular flexibility index (Phi) is 6.86. The summed E-state index contributed by atoms with van der Waals surface area (Å²) in [5, 5.41) is 12.3. The van der Waals surface area contributed by atoms with Gasteiger partial charge < -0.3 is 10.1 Å². The van der Waals surface area contributed by atoms with E-state index in [1.165, 1.54) is 0 Å². The number of carbonyl (C=O) groups excluding carboxylic acids is 1. The van der Waals surface area contributed by atoms with Crippen LogP contribution in [-0.2, 0) is 9.53 Å². The molecule has 0 aliphatic carbocycles. The van der Waals surface area contributed by atoms with E-state index in [2.05, 4.69) is 11.4 Å². The van der Waals surface area contributed by atoms with Crippen molar-refractivity contribution in [3.8, 4) is 6.07 Å². The number of nitriles is 1. The van der Waals surface area contributed by atoms with Crippen LogP contribution in [0.2, 0.25) is 0 Å². The molecule has 1 atom stereocenters. The number of ether oxygens (including phenoxy) is 1. The van der Waals surface area contributed by atoms with E-state index in [0.29, 0.717) is 19.4 Å². The van der Waals surface area contributed by atoms with Gasteiger partial charge in [0.1, 0.15) is 5.41 Å². The number of hydrogen-bond donors (Lipinski definition) is 1. The van der Waals surface area contributed by atoms with Crippen LogP contribution in [0.4, 0.5) is 0 Å². The maximum atomic E-state index is 12.3. The lowest BCUT2D eigenvalue weighted by Gasteiger charge is -2.27. The van der Waals surface area contributed by atoms with E-state index in [0.717, 1.165) is 38.7 Å². The van der Waals surface area contributed by atoms with Crippen molar-refractivity contribution in [3.63, 3.8) is 0 Å². The molecule has 1 aliphatic rings. The Morgan fingerprint density at radius 3 is 2.53 bits per heavy atom. The van der Waals surface area contributed by atoms with Crippen LogP contribution in [0, 0.1) is 16.7 Å². The van der Waals surface area contributed by atoms with Crippen molar-refractivity contribution in [2.75, 3.05) is 13.2 Å². The van der Waals surface area contributed by atoms with Gasteiger partial charge in [0.15, 0.2) is 0 Å². The highest BCUT2D eigenvalue weighted by atomic mass is 16.5. The zero-order valence-electron chi connectivity index (χ0n) is 12.2. The summed E-state index contributed by atoms with van der Waals surface area (Å²) < 4.78 is 5.60. The van der Waals surface area contributed by atoms with Gasteiger partial charge in [-0.15, -0.1) is 0 Å². The number of carbonyl (C=O) groups is 1. The molecule has 4 nitrogen and oxygen atoms in total. The fourth-order valence-corrected chi connectivity index (χ4v) is 2.71. The molecule has 1 fully saturated rings. The lowest BCUT2D eigenvalue weighted by Crippen LogP contribution is -2.44. The number of rotatable bonds is 7. The van der Waals surface area contributed by atoms with E-state index in [4.69, 9.17) is 4.74 Å². The highest BCUT2D eigenvalue weighted by Gasteiger charge is 2.37. The van der Waals surface area contributed by atoms with Gasteiger partial charge in [-0.05, 0) is 32.1 Å². The van der Waals surface area contributed by atoms with E-state index in [9.17, 15) is 10.1 Å².